The van der Waals surface area contributed by atoms with Crippen LogP contribution >= 0.6 is 0 Å². The fourth-order valence-electron chi connectivity index (χ4n) is 1.80. The predicted octanol–water partition coefficient (Wildman–Crippen LogP) is 1.61. The molecule has 98 valence electrons. The Balaban J connectivity index is 2.43. The summed E-state index contributed by atoms with van der Waals surface area (Å²) in [6, 6.07) is 8.96. The van der Waals surface area contributed by atoms with Gasteiger partial charge in [0.05, 0.1) is 12.2 Å². The van der Waals surface area contributed by atoms with Crippen LogP contribution < -0.4 is 5.56 Å². The molecule has 2 aromatic rings. The van der Waals surface area contributed by atoms with Crippen LogP contribution in [0, 0.1) is 13.8 Å². The number of carboxylic acid groups (broad SMARTS) is 1. The van der Waals surface area contributed by atoms with Gasteiger partial charge in [-0.15, -0.1) is 0 Å². The van der Waals surface area contributed by atoms with Crippen molar-refractivity contribution in [2.75, 3.05) is 0 Å². The van der Waals surface area contributed by atoms with Crippen molar-refractivity contribution >= 4 is 5.97 Å². The second-order valence-corrected chi connectivity index (χ2v) is 4.45. The number of aromatic carboxylic acids is 1. The SMILES string of the molecule is Cc1ccc(Cn2nc(C)cc(C(=O)O)c2=O)cc1. The molecule has 0 amide bonds. The highest BCUT2D eigenvalue weighted by atomic mass is 16.4. The highest BCUT2D eigenvalue weighted by Crippen LogP contribution is 2.04. The second kappa shape index (κ2) is 5.06. The molecule has 19 heavy (non-hydrogen) atoms. The first-order valence-electron chi connectivity index (χ1n) is 5.85. The van der Waals surface area contributed by atoms with Crippen LogP contribution in [0.5, 0.6) is 0 Å². The minimum Gasteiger partial charge on any atom is -0.477 e. The van der Waals surface area contributed by atoms with Gasteiger partial charge >= 0.3 is 5.97 Å². The molecule has 0 aliphatic heterocycles. The molecule has 1 aromatic carbocycles. The summed E-state index contributed by atoms with van der Waals surface area (Å²) in [4.78, 5) is 22.9. The van der Waals surface area contributed by atoms with Crippen LogP contribution in [-0.4, -0.2) is 20.9 Å². The topological polar surface area (TPSA) is 72.2 Å². The molecule has 0 bridgehead atoms. The normalized spacial score (nSPS) is 10.4. The lowest BCUT2D eigenvalue weighted by Gasteiger charge is -2.07. The van der Waals surface area contributed by atoms with Gasteiger partial charge < -0.3 is 5.11 Å². The fraction of sp³-hybridized carbons (Fsp3) is 0.214. The third-order valence-corrected chi connectivity index (χ3v) is 2.78. The van der Waals surface area contributed by atoms with Crippen molar-refractivity contribution in [1.29, 1.82) is 0 Å². The molecule has 0 unspecified atom stereocenters. The van der Waals surface area contributed by atoms with Gasteiger partial charge in [-0.3, -0.25) is 4.79 Å². The van der Waals surface area contributed by atoms with Crippen molar-refractivity contribution in [3.8, 4) is 0 Å². The highest BCUT2D eigenvalue weighted by Gasteiger charge is 2.13. The number of hydrogen-bond donors (Lipinski definition) is 1. The average Bonchev–Trinajstić information content (AvgIpc) is 2.35. The Kier molecular flexibility index (Phi) is 3.46. The minimum atomic E-state index is -1.23. The van der Waals surface area contributed by atoms with E-state index in [2.05, 4.69) is 5.10 Å². The van der Waals surface area contributed by atoms with Crippen molar-refractivity contribution in [1.82, 2.24) is 9.78 Å². The van der Waals surface area contributed by atoms with Crippen molar-refractivity contribution in [2.45, 2.75) is 20.4 Å². The van der Waals surface area contributed by atoms with Crippen molar-refractivity contribution < 1.29 is 9.90 Å². The van der Waals surface area contributed by atoms with Crippen LogP contribution in [0.15, 0.2) is 35.1 Å². The Morgan fingerprint density at radius 2 is 1.89 bits per heavy atom. The molecule has 1 aromatic heterocycles. The molecular formula is C14H14N2O3. The van der Waals surface area contributed by atoms with Crippen molar-refractivity contribution in [3.05, 3.63) is 63.1 Å². The Morgan fingerprint density at radius 1 is 1.26 bits per heavy atom. The van der Waals surface area contributed by atoms with Crippen LogP contribution in [0.25, 0.3) is 0 Å². The van der Waals surface area contributed by atoms with Gasteiger partial charge in [0.15, 0.2) is 0 Å². The van der Waals surface area contributed by atoms with Crippen LogP contribution in [0.1, 0.15) is 27.2 Å². The Hall–Kier alpha value is -2.43. The van der Waals surface area contributed by atoms with Gasteiger partial charge in [0.25, 0.3) is 5.56 Å². The Labute approximate surface area is 110 Å². The van der Waals surface area contributed by atoms with Gasteiger partial charge in [-0.25, -0.2) is 9.48 Å². The zero-order valence-corrected chi connectivity index (χ0v) is 10.8. The van der Waals surface area contributed by atoms with E-state index >= 15 is 0 Å². The molecule has 0 atom stereocenters. The molecule has 0 spiro atoms. The third-order valence-electron chi connectivity index (χ3n) is 2.78. The van der Waals surface area contributed by atoms with E-state index in [1.807, 2.05) is 31.2 Å². The number of hydrogen-bond acceptors (Lipinski definition) is 3. The van der Waals surface area contributed by atoms with E-state index in [4.69, 9.17) is 5.11 Å². The number of aryl methyl sites for hydroxylation is 2. The molecule has 0 aliphatic carbocycles. The zero-order valence-electron chi connectivity index (χ0n) is 10.8. The lowest BCUT2D eigenvalue weighted by atomic mass is 10.1. The fourth-order valence-corrected chi connectivity index (χ4v) is 1.80. The van der Waals surface area contributed by atoms with Gasteiger partial charge in [0.1, 0.15) is 5.56 Å². The maximum absolute atomic E-state index is 12.0. The summed E-state index contributed by atoms with van der Waals surface area (Å²) in [5, 5.41) is 13.1. The van der Waals surface area contributed by atoms with E-state index in [-0.39, 0.29) is 12.1 Å². The van der Waals surface area contributed by atoms with Gasteiger partial charge in [0.2, 0.25) is 0 Å². The van der Waals surface area contributed by atoms with Crippen LogP contribution in [0.4, 0.5) is 0 Å². The highest BCUT2D eigenvalue weighted by molar-refractivity contribution is 5.87. The second-order valence-electron chi connectivity index (χ2n) is 4.45. The monoisotopic (exact) mass is 258 g/mol. The lowest BCUT2D eigenvalue weighted by Crippen LogP contribution is -2.29. The number of carbonyl (C=O) groups is 1. The van der Waals surface area contributed by atoms with Crippen LogP contribution in [-0.2, 0) is 6.54 Å². The summed E-state index contributed by atoms with van der Waals surface area (Å²) in [7, 11) is 0. The number of aromatic nitrogens is 2. The summed E-state index contributed by atoms with van der Waals surface area (Å²) in [5.74, 6) is -1.23. The van der Waals surface area contributed by atoms with E-state index < -0.39 is 11.5 Å². The summed E-state index contributed by atoms with van der Waals surface area (Å²) >= 11 is 0. The van der Waals surface area contributed by atoms with Crippen LogP contribution in [0.2, 0.25) is 0 Å². The summed E-state index contributed by atoms with van der Waals surface area (Å²) in [5.41, 5.74) is 1.70. The lowest BCUT2D eigenvalue weighted by molar-refractivity contribution is 0.0693. The quantitative estimate of drug-likeness (QED) is 0.907. The zero-order chi connectivity index (χ0) is 14.0. The van der Waals surface area contributed by atoms with Gasteiger partial charge in [-0.05, 0) is 25.5 Å². The van der Waals surface area contributed by atoms with E-state index in [1.165, 1.54) is 10.7 Å². The Bertz CT molecular complexity index is 672. The minimum absolute atomic E-state index is 0.250. The van der Waals surface area contributed by atoms with E-state index in [1.54, 1.807) is 6.92 Å². The molecule has 1 heterocycles. The molecule has 0 saturated heterocycles. The van der Waals surface area contributed by atoms with E-state index in [0.717, 1.165) is 11.1 Å². The first kappa shape index (κ1) is 13.0. The molecule has 0 fully saturated rings. The smallest absolute Gasteiger partial charge is 0.341 e. The predicted molar refractivity (Wildman–Crippen MR) is 70.5 cm³/mol. The van der Waals surface area contributed by atoms with Gasteiger partial charge in [0, 0.05) is 0 Å². The summed E-state index contributed by atoms with van der Waals surface area (Å²) < 4.78 is 1.18. The molecule has 5 nitrogen and oxygen atoms in total. The van der Waals surface area contributed by atoms with Gasteiger partial charge in [-0.2, -0.15) is 5.10 Å². The molecule has 2 rings (SSSR count). The number of benzene rings is 1. The van der Waals surface area contributed by atoms with Crippen molar-refractivity contribution in [3.63, 3.8) is 0 Å². The molecular weight excluding hydrogens is 244 g/mol. The van der Waals surface area contributed by atoms with E-state index in [9.17, 15) is 9.59 Å². The molecule has 0 saturated carbocycles. The number of rotatable bonds is 3. The molecule has 0 aliphatic rings. The van der Waals surface area contributed by atoms with E-state index in [0.29, 0.717) is 5.69 Å². The Morgan fingerprint density at radius 3 is 2.47 bits per heavy atom. The average molecular weight is 258 g/mol. The number of carboxylic acids is 1. The summed E-state index contributed by atoms with van der Waals surface area (Å²) in [6.07, 6.45) is 0. The standard InChI is InChI=1S/C14H14N2O3/c1-9-3-5-11(6-4-9)8-16-13(17)12(14(18)19)7-10(2)15-16/h3-7H,8H2,1-2H3,(H,18,19). The van der Waals surface area contributed by atoms with Crippen LogP contribution in [0.3, 0.4) is 0 Å². The maximum Gasteiger partial charge on any atom is 0.341 e. The van der Waals surface area contributed by atoms with Gasteiger partial charge in [-0.1, -0.05) is 29.8 Å². The first-order valence-corrected chi connectivity index (χ1v) is 5.85. The molecule has 1 N–H and O–H groups in total. The first-order chi connectivity index (χ1) is 8.97. The largest absolute Gasteiger partial charge is 0.477 e. The molecule has 5 heteroatoms. The third kappa shape index (κ3) is 2.88. The number of nitrogens with zero attached hydrogens (tertiary/aromatic N) is 2. The molecule has 0 radical (unpaired) electrons. The maximum atomic E-state index is 12.0. The van der Waals surface area contributed by atoms with Crippen molar-refractivity contribution in [2.24, 2.45) is 0 Å². The summed E-state index contributed by atoms with van der Waals surface area (Å²) in [6.45, 7) is 3.90.